The summed E-state index contributed by atoms with van der Waals surface area (Å²) in [6.07, 6.45) is 0. The third-order valence-corrected chi connectivity index (χ3v) is 1.01. The van der Waals surface area contributed by atoms with Gasteiger partial charge in [-0.25, -0.2) is 0 Å². The van der Waals surface area contributed by atoms with Crippen molar-refractivity contribution in [3.05, 3.63) is 0 Å². The van der Waals surface area contributed by atoms with Crippen LogP contribution in [0.3, 0.4) is 0 Å². The van der Waals surface area contributed by atoms with Crippen molar-refractivity contribution in [3.8, 4) is 0 Å². The number of esters is 1. The summed E-state index contributed by atoms with van der Waals surface area (Å²) in [7, 11) is 1.48. The molecule has 52 valence electrons. The molecular formula is C5H9NO3. The summed E-state index contributed by atoms with van der Waals surface area (Å²) in [6.45, 7) is 0.791. The van der Waals surface area contributed by atoms with Crippen molar-refractivity contribution in [2.75, 3.05) is 20.4 Å². The summed E-state index contributed by atoms with van der Waals surface area (Å²) in [5.41, 5.74) is 0. The summed E-state index contributed by atoms with van der Waals surface area (Å²) >= 11 is 0. The van der Waals surface area contributed by atoms with Crippen LogP contribution in [0, 0.1) is 0 Å². The van der Waals surface area contributed by atoms with Crippen LogP contribution < -0.4 is 5.32 Å². The van der Waals surface area contributed by atoms with Crippen LogP contribution in [0.4, 0.5) is 0 Å². The summed E-state index contributed by atoms with van der Waals surface area (Å²) in [4.78, 5) is 10.6. The Morgan fingerprint density at radius 2 is 2.56 bits per heavy atom. The second kappa shape index (κ2) is 2.80. The molecule has 0 aliphatic carbocycles. The molecule has 0 saturated carbocycles. The molecule has 0 aromatic heterocycles. The lowest BCUT2D eigenvalue weighted by Gasteiger charge is -1.98. The van der Waals surface area contributed by atoms with Gasteiger partial charge in [0.25, 0.3) is 0 Å². The van der Waals surface area contributed by atoms with Gasteiger partial charge in [-0.3, -0.25) is 4.79 Å². The molecule has 9 heavy (non-hydrogen) atoms. The van der Waals surface area contributed by atoms with E-state index in [-0.39, 0.29) is 18.8 Å². The lowest BCUT2D eigenvalue weighted by molar-refractivity contribution is -0.153. The highest BCUT2D eigenvalue weighted by Crippen LogP contribution is 1.98. The Labute approximate surface area is 53.1 Å². The Balaban J connectivity index is 2.03. The number of hydrogen-bond donors (Lipinski definition) is 1. The van der Waals surface area contributed by atoms with Gasteiger partial charge in [-0.1, -0.05) is 0 Å². The Morgan fingerprint density at radius 1 is 1.89 bits per heavy atom. The second-order valence-corrected chi connectivity index (χ2v) is 1.83. The van der Waals surface area contributed by atoms with Gasteiger partial charge in [0.05, 0.1) is 0 Å². The van der Waals surface area contributed by atoms with E-state index >= 15 is 0 Å². The predicted molar refractivity (Wildman–Crippen MR) is 29.8 cm³/mol. The van der Waals surface area contributed by atoms with Gasteiger partial charge in [0.2, 0.25) is 0 Å². The van der Waals surface area contributed by atoms with Crippen molar-refractivity contribution in [2.45, 2.75) is 6.04 Å². The largest absolute Gasteiger partial charge is 0.437 e. The molecule has 0 amide bonds. The van der Waals surface area contributed by atoms with Crippen molar-refractivity contribution >= 4 is 5.97 Å². The van der Waals surface area contributed by atoms with Crippen LogP contribution in [0.25, 0.3) is 0 Å². The molecule has 1 saturated heterocycles. The lowest BCUT2D eigenvalue weighted by Crippen LogP contribution is -2.15. The van der Waals surface area contributed by atoms with Crippen molar-refractivity contribution in [3.63, 3.8) is 0 Å². The van der Waals surface area contributed by atoms with Gasteiger partial charge in [0.1, 0.15) is 6.04 Å². The fourth-order valence-corrected chi connectivity index (χ4v) is 0.443. The summed E-state index contributed by atoms with van der Waals surface area (Å²) in [5.74, 6) is -0.225. The molecule has 1 atom stereocenters. The molecule has 4 heteroatoms. The molecule has 0 radical (unpaired) electrons. The van der Waals surface area contributed by atoms with Crippen molar-refractivity contribution in [1.29, 1.82) is 0 Å². The minimum Gasteiger partial charge on any atom is -0.437 e. The highest BCUT2D eigenvalue weighted by Gasteiger charge is 2.30. The molecule has 0 bridgehead atoms. The van der Waals surface area contributed by atoms with E-state index in [1.165, 1.54) is 7.11 Å². The van der Waals surface area contributed by atoms with E-state index in [1.807, 2.05) is 0 Å². The number of carbonyl (C=O) groups excluding carboxylic acids is 1. The van der Waals surface area contributed by atoms with Crippen LogP contribution in [0.15, 0.2) is 0 Å². The number of rotatable bonds is 3. The fraction of sp³-hybridized carbons (Fsp3) is 0.800. The molecular weight excluding hydrogens is 122 g/mol. The van der Waals surface area contributed by atoms with Crippen LogP contribution in [-0.2, 0) is 14.3 Å². The van der Waals surface area contributed by atoms with Crippen LogP contribution in [-0.4, -0.2) is 32.5 Å². The third-order valence-electron chi connectivity index (χ3n) is 1.01. The van der Waals surface area contributed by atoms with Crippen LogP contribution in [0.5, 0.6) is 0 Å². The monoisotopic (exact) mass is 131 g/mol. The number of hydrogen-bond acceptors (Lipinski definition) is 4. The van der Waals surface area contributed by atoms with Crippen LogP contribution in [0.2, 0.25) is 0 Å². The molecule has 0 aromatic carbocycles. The van der Waals surface area contributed by atoms with Gasteiger partial charge in [-0.05, 0) is 0 Å². The first kappa shape index (κ1) is 6.51. The molecule has 1 unspecified atom stereocenters. The van der Waals surface area contributed by atoms with Crippen LogP contribution >= 0.6 is 0 Å². The number of carbonyl (C=O) groups is 1. The van der Waals surface area contributed by atoms with Gasteiger partial charge < -0.3 is 14.8 Å². The highest BCUT2D eigenvalue weighted by atomic mass is 16.7. The summed E-state index contributed by atoms with van der Waals surface area (Å²) < 4.78 is 9.11. The zero-order chi connectivity index (χ0) is 6.69. The standard InChI is InChI=1S/C5H9NO3/c1-8-3-9-5(7)4-2-6-4/h4,6H,2-3H2,1H3. The first-order chi connectivity index (χ1) is 4.34. The summed E-state index contributed by atoms with van der Waals surface area (Å²) in [6, 6.07) is -0.0693. The molecule has 1 aliphatic rings. The Morgan fingerprint density at radius 3 is 3.00 bits per heavy atom. The Bertz CT molecular complexity index is 111. The average molecular weight is 131 g/mol. The van der Waals surface area contributed by atoms with Crippen molar-refractivity contribution in [2.24, 2.45) is 0 Å². The predicted octanol–water partition coefficient (Wildman–Crippen LogP) is -0.895. The second-order valence-electron chi connectivity index (χ2n) is 1.83. The van der Waals surface area contributed by atoms with Gasteiger partial charge in [-0.2, -0.15) is 0 Å². The van der Waals surface area contributed by atoms with Gasteiger partial charge >= 0.3 is 5.97 Å². The van der Waals surface area contributed by atoms with E-state index in [0.29, 0.717) is 0 Å². The first-order valence-corrected chi connectivity index (χ1v) is 2.73. The average Bonchev–Trinajstić information content (AvgIpc) is 2.63. The number of methoxy groups -OCH3 is 1. The zero-order valence-corrected chi connectivity index (χ0v) is 5.22. The molecule has 1 fully saturated rings. The maximum absolute atomic E-state index is 10.6. The normalized spacial score (nSPS) is 23.4. The van der Waals surface area contributed by atoms with E-state index in [9.17, 15) is 4.79 Å². The van der Waals surface area contributed by atoms with E-state index in [4.69, 9.17) is 0 Å². The van der Waals surface area contributed by atoms with E-state index < -0.39 is 0 Å². The van der Waals surface area contributed by atoms with E-state index in [0.717, 1.165) is 6.54 Å². The summed E-state index contributed by atoms with van der Waals surface area (Å²) in [5, 5.41) is 2.81. The molecule has 1 N–H and O–H groups in total. The van der Waals surface area contributed by atoms with Crippen LogP contribution in [0.1, 0.15) is 0 Å². The SMILES string of the molecule is COCOC(=O)C1CN1. The van der Waals surface area contributed by atoms with E-state index in [2.05, 4.69) is 14.8 Å². The van der Waals surface area contributed by atoms with E-state index in [1.54, 1.807) is 0 Å². The van der Waals surface area contributed by atoms with Crippen molar-refractivity contribution < 1.29 is 14.3 Å². The lowest BCUT2D eigenvalue weighted by atomic mass is 10.5. The smallest absolute Gasteiger partial charge is 0.326 e. The fourth-order valence-electron chi connectivity index (χ4n) is 0.443. The Hall–Kier alpha value is -0.610. The van der Waals surface area contributed by atoms with Gasteiger partial charge in [0.15, 0.2) is 6.79 Å². The Kier molecular flexibility index (Phi) is 2.02. The van der Waals surface area contributed by atoms with Gasteiger partial charge in [0, 0.05) is 13.7 Å². The third kappa shape index (κ3) is 1.99. The van der Waals surface area contributed by atoms with Crippen molar-refractivity contribution in [1.82, 2.24) is 5.32 Å². The maximum Gasteiger partial charge on any atom is 0.326 e. The molecule has 4 nitrogen and oxygen atoms in total. The topological polar surface area (TPSA) is 57.5 Å². The van der Waals surface area contributed by atoms with Gasteiger partial charge in [-0.15, -0.1) is 0 Å². The molecule has 1 heterocycles. The minimum atomic E-state index is -0.225. The number of ether oxygens (including phenoxy) is 2. The number of nitrogens with one attached hydrogen (secondary N) is 1. The first-order valence-electron chi connectivity index (χ1n) is 2.73. The molecule has 1 aliphatic heterocycles. The highest BCUT2D eigenvalue weighted by molar-refractivity contribution is 5.78. The molecule has 0 spiro atoms. The quantitative estimate of drug-likeness (QED) is 0.306. The minimum absolute atomic E-state index is 0.0526. The maximum atomic E-state index is 10.6. The molecule has 0 aromatic rings. The zero-order valence-electron chi connectivity index (χ0n) is 5.22. The molecule has 1 rings (SSSR count).